The van der Waals surface area contributed by atoms with Gasteiger partial charge in [-0.2, -0.15) is 4.37 Å². The summed E-state index contributed by atoms with van der Waals surface area (Å²) < 4.78 is 10.1. The molecule has 0 bridgehead atoms. The topological polar surface area (TPSA) is 62.7 Å². The number of allylic oxidation sites excluding steroid dienone is 4. The standard InChI is InChI=1S/C34H46N2O3S/c1-6-31-21-32(35-40-31)28-8-7-9-29(20-28)36(34(38)27-15-17-30(37)18-16-27)22-25-11-13-26(14-12-25)24(4)10-19-33(39-5)23(2)3/h7-10,19-21,25-27,30,37H,4,6,11-18,22H2,1-3,5H3/b19-10-. The number of anilines is 1. The highest BCUT2D eigenvalue weighted by Crippen LogP contribution is 2.36. The molecule has 1 N–H and O–H groups in total. The van der Waals surface area contributed by atoms with Crippen LogP contribution in [0.4, 0.5) is 5.69 Å². The number of amides is 1. The van der Waals surface area contributed by atoms with Crippen molar-refractivity contribution in [3.8, 4) is 11.3 Å². The fraction of sp³-hybridized carbons (Fsp3) is 0.529. The molecular formula is C34H46N2O3S. The lowest BCUT2D eigenvalue weighted by atomic mass is 9.78. The second-order valence-corrected chi connectivity index (χ2v) is 12.6. The third kappa shape index (κ3) is 7.73. The molecule has 0 radical (unpaired) electrons. The van der Waals surface area contributed by atoms with Crippen LogP contribution in [-0.4, -0.2) is 35.1 Å². The Labute approximate surface area is 244 Å². The predicted molar refractivity (Wildman–Crippen MR) is 166 cm³/mol. The summed E-state index contributed by atoms with van der Waals surface area (Å²) in [4.78, 5) is 17.3. The van der Waals surface area contributed by atoms with E-state index in [0.717, 1.165) is 85.3 Å². The minimum atomic E-state index is -0.271. The minimum Gasteiger partial charge on any atom is -0.497 e. The molecule has 2 fully saturated rings. The van der Waals surface area contributed by atoms with Crippen LogP contribution >= 0.6 is 11.5 Å². The second kappa shape index (κ2) is 14.3. The van der Waals surface area contributed by atoms with Crippen LogP contribution in [0, 0.1) is 17.8 Å². The molecule has 0 atom stereocenters. The Balaban J connectivity index is 1.48. The average molecular weight is 563 g/mol. The number of aromatic nitrogens is 1. The van der Waals surface area contributed by atoms with Crippen LogP contribution < -0.4 is 4.90 Å². The lowest BCUT2D eigenvalue weighted by molar-refractivity contribution is -0.124. The number of ether oxygens (including phenoxy) is 1. The zero-order valence-corrected chi connectivity index (χ0v) is 25.5. The smallest absolute Gasteiger partial charge is 0.230 e. The molecule has 1 aromatic carbocycles. The monoisotopic (exact) mass is 562 g/mol. The molecule has 40 heavy (non-hydrogen) atoms. The summed E-state index contributed by atoms with van der Waals surface area (Å²) in [6.07, 6.45) is 12.1. The van der Waals surface area contributed by atoms with Gasteiger partial charge >= 0.3 is 0 Å². The van der Waals surface area contributed by atoms with E-state index in [4.69, 9.17) is 4.74 Å². The summed E-state index contributed by atoms with van der Waals surface area (Å²) in [5.74, 6) is 2.00. The van der Waals surface area contributed by atoms with Gasteiger partial charge in [-0.3, -0.25) is 4.79 Å². The molecule has 4 rings (SSSR count). The largest absolute Gasteiger partial charge is 0.497 e. The van der Waals surface area contributed by atoms with E-state index in [2.05, 4.69) is 73.0 Å². The van der Waals surface area contributed by atoms with Crippen molar-refractivity contribution in [2.75, 3.05) is 18.6 Å². The maximum absolute atomic E-state index is 14.0. The van der Waals surface area contributed by atoms with E-state index in [1.54, 1.807) is 18.6 Å². The fourth-order valence-corrected chi connectivity index (χ4v) is 6.71. The van der Waals surface area contributed by atoms with Crippen LogP contribution in [0.15, 0.2) is 66.0 Å². The number of benzene rings is 1. The van der Waals surface area contributed by atoms with Crippen molar-refractivity contribution in [3.63, 3.8) is 0 Å². The minimum absolute atomic E-state index is 0.0238. The van der Waals surface area contributed by atoms with Crippen LogP contribution in [0.1, 0.15) is 77.0 Å². The summed E-state index contributed by atoms with van der Waals surface area (Å²) in [6.45, 7) is 11.3. The summed E-state index contributed by atoms with van der Waals surface area (Å²) in [5, 5.41) is 10.0. The van der Waals surface area contributed by atoms with Crippen molar-refractivity contribution in [2.45, 2.75) is 84.7 Å². The van der Waals surface area contributed by atoms with Gasteiger partial charge in [-0.15, -0.1) is 0 Å². The highest BCUT2D eigenvalue weighted by Gasteiger charge is 2.32. The molecule has 5 nitrogen and oxygen atoms in total. The summed E-state index contributed by atoms with van der Waals surface area (Å²) >= 11 is 1.55. The van der Waals surface area contributed by atoms with Crippen LogP contribution in [0.2, 0.25) is 0 Å². The first-order valence-corrected chi connectivity index (χ1v) is 15.7. The number of carbonyl (C=O) groups excluding carboxylic acids is 1. The van der Waals surface area contributed by atoms with E-state index in [0.29, 0.717) is 24.7 Å². The van der Waals surface area contributed by atoms with Gasteiger partial charge in [0.25, 0.3) is 0 Å². The Bertz CT molecular complexity index is 1210. The molecule has 0 spiro atoms. The number of hydrogen-bond acceptors (Lipinski definition) is 5. The number of nitrogens with zero attached hydrogens (tertiary/aromatic N) is 2. The molecule has 2 aromatic rings. The van der Waals surface area contributed by atoms with Crippen molar-refractivity contribution >= 4 is 23.1 Å². The van der Waals surface area contributed by atoms with E-state index >= 15 is 0 Å². The van der Waals surface area contributed by atoms with Crippen LogP contribution in [0.3, 0.4) is 0 Å². The van der Waals surface area contributed by atoms with Crippen LogP contribution in [-0.2, 0) is 16.0 Å². The van der Waals surface area contributed by atoms with E-state index in [-0.39, 0.29) is 17.9 Å². The molecule has 2 aliphatic carbocycles. The number of hydrogen-bond donors (Lipinski definition) is 1. The Morgan fingerprint density at radius 2 is 1.77 bits per heavy atom. The number of carbonyl (C=O) groups is 1. The molecule has 1 amide bonds. The third-order valence-corrected chi connectivity index (χ3v) is 9.58. The predicted octanol–water partition coefficient (Wildman–Crippen LogP) is 8.12. The first-order valence-electron chi connectivity index (χ1n) is 14.9. The molecule has 0 aliphatic heterocycles. The Morgan fingerprint density at radius 1 is 1.07 bits per heavy atom. The van der Waals surface area contributed by atoms with Gasteiger partial charge in [0.15, 0.2) is 0 Å². The molecule has 1 heterocycles. The lowest BCUT2D eigenvalue weighted by Gasteiger charge is -2.36. The number of aliphatic hydroxyl groups is 1. The fourth-order valence-electron chi connectivity index (χ4n) is 6.05. The molecule has 2 aliphatic rings. The molecule has 1 aromatic heterocycles. The van der Waals surface area contributed by atoms with E-state index in [9.17, 15) is 9.90 Å². The van der Waals surface area contributed by atoms with Gasteiger partial charge in [0.05, 0.1) is 18.9 Å². The number of methoxy groups -OCH3 is 1. The molecule has 216 valence electrons. The molecular weight excluding hydrogens is 516 g/mol. The van der Waals surface area contributed by atoms with Gasteiger partial charge in [0, 0.05) is 28.6 Å². The number of aliphatic hydroxyl groups excluding tert-OH is 1. The van der Waals surface area contributed by atoms with Crippen LogP contribution in [0.25, 0.3) is 11.3 Å². The van der Waals surface area contributed by atoms with Crippen molar-refractivity contribution in [1.82, 2.24) is 4.37 Å². The van der Waals surface area contributed by atoms with Gasteiger partial charge in [0.2, 0.25) is 5.91 Å². The lowest BCUT2D eigenvalue weighted by Crippen LogP contribution is -2.42. The van der Waals surface area contributed by atoms with Gasteiger partial charge in [0.1, 0.15) is 5.76 Å². The molecule has 6 heteroatoms. The van der Waals surface area contributed by atoms with E-state index in [1.165, 1.54) is 4.88 Å². The van der Waals surface area contributed by atoms with Crippen molar-refractivity contribution < 1.29 is 14.6 Å². The first-order chi connectivity index (χ1) is 19.3. The maximum Gasteiger partial charge on any atom is 0.230 e. The van der Waals surface area contributed by atoms with E-state index < -0.39 is 0 Å². The maximum atomic E-state index is 14.0. The quantitative estimate of drug-likeness (QED) is 0.235. The Morgan fingerprint density at radius 3 is 2.40 bits per heavy atom. The van der Waals surface area contributed by atoms with Gasteiger partial charge < -0.3 is 14.7 Å². The van der Waals surface area contributed by atoms with Gasteiger partial charge in [-0.1, -0.05) is 37.3 Å². The Kier molecular flexibility index (Phi) is 10.8. The molecule has 0 saturated heterocycles. The zero-order valence-electron chi connectivity index (χ0n) is 24.7. The molecule has 2 saturated carbocycles. The highest BCUT2D eigenvalue weighted by atomic mass is 32.1. The summed E-state index contributed by atoms with van der Waals surface area (Å²) in [7, 11) is 1.71. The van der Waals surface area contributed by atoms with Crippen molar-refractivity contribution in [3.05, 3.63) is 70.8 Å². The first kappa shape index (κ1) is 30.3. The normalized spacial score (nSPS) is 23.1. The van der Waals surface area contributed by atoms with Crippen molar-refractivity contribution in [1.29, 1.82) is 0 Å². The third-order valence-electron chi connectivity index (χ3n) is 8.65. The summed E-state index contributed by atoms with van der Waals surface area (Å²) in [5.41, 5.74) is 5.31. The van der Waals surface area contributed by atoms with Gasteiger partial charge in [-0.25, -0.2) is 0 Å². The second-order valence-electron chi connectivity index (χ2n) is 11.7. The van der Waals surface area contributed by atoms with Crippen LogP contribution in [0.5, 0.6) is 0 Å². The SMILES string of the molecule is C=C(/C=C\C(OC)=C(C)C)C1CCC(CN(C(=O)C2CCC(O)CC2)c2cccc(-c3cc(CC)sn3)c2)CC1. The summed E-state index contributed by atoms with van der Waals surface area (Å²) in [6, 6.07) is 10.5. The zero-order chi connectivity index (χ0) is 28.6. The average Bonchev–Trinajstić information content (AvgIpc) is 3.46. The van der Waals surface area contributed by atoms with Crippen molar-refractivity contribution in [2.24, 2.45) is 17.8 Å². The number of aryl methyl sites for hydroxylation is 1. The van der Waals surface area contributed by atoms with E-state index in [1.807, 2.05) is 6.08 Å². The van der Waals surface area contributed by atoms with Gasteiger partial charge in [-0.05, 0) is 125 Å². The molecule has 0 unspecified atom stereocenters. The Hall–Kier alpha value is -2.70. The number of rotatable bonds is 10. The highest BCUT2D eigenvalue weighted by molar-refractivity contribution is 7.06.